The first-order valence-electron chi connectivity index (χ1n) is 6.05. The van der Waals surface area contributed by atoms with Crippen molar-refractivity contribution in [3.05, 3.63) is 28.2 Å². The van der Waals surface area contributed by atoms with Gasteiger partial charge in [0, 0.05) is 29.3 Å². The lowest BCUT2D eigenvalue weighted by Gasteiger charge is -2.22. The van der Waals surface area contributed by atoms with Crippen molar-refractivity contribution in [2.24, 2.45) is 0 Å². The summed E-state index contributed by atoms with van der Waals surface area (Å²) < 4.78 is 6.44. The third-order valence-corrected chi connectivity index (χ3v) is 3.12. The molecule has 0 aliphatic rings. The molecule has 0 amide bonds. The molecule has 1 aromatic rings. The van der Waals surface area contributed by atoms with Crippen LogP contribution in [0.15, 0.2) is 22.7 Å². The van der Waals surface area contributed by atoms with Crippen LogP contribution >= 0.6 is 15.9 Å². The van der Waals surface area contributed by atoms with E-state index in [9.17, 15) is 4.79 Å². The van der Waals surface area contributed by atoms with E-state index >= 15 is 0 Å². The number of hydrogen-bond donors (Lipinski definition) is 0. The van der Waals surface area contributed by atoms with E-state index in [1.807, 2.05) is 44.0 Å². The van der Waals surface area contributed by atoms with Gasteiger partial charge in [0.15, 0.2) is 5.78 Å². The number of anilines is 1. The lowest BCUT2D eigenvalue weighted by molar-refractivity contribution is 0.0845. The average molecular weight is 314 g/mol. The second-order valence-electron chi connectivity index (χ2n) is 4.56. The number of ketones is 1. The molecule has 0 saturated heterocycles. The molecular weight excluding hydrogens is 294 g/mol. The Kier molecular flexibility index (Phi) is 5.82. The zero-order valence-corrected chi connectivity index (χ0v) is 13.0. The molecule has 0 aromatic heterocycles. The van der Waals surface area contributed by atoms with Crippen molar-refractivity contribution in [3.8, 4) is 0 Å². The van der Waals surface area contributed by atoms with Gasteiger partial charge in [-0.25, -0.2) is 0 Å². The second-order valence-corrected chi connectivity index (χ2v) is 5.47. The Morgan fingerprint density at radius 1 is 1.44 bits per heavy atom. The molecule has 0 N–H and O–H groups in total. The molecule has 0 aliphatic carbocycles. The molecule has 0 fully saturated rings. The number of benzene rings is 1. The van der Waals surface area contributed by atoms with Crippen molar-refractivity contribution in [3.63, 3.8) is 0 Å². The predicted octanol–water partition coefficient (Wildman–Crippen LogP) is 3.51. The first-order chi connectivity index (χ1) is 8.41. The molecule has 0 radical (unpaired) electrons. The first-order valence-corrected chi connectivity index (χ1v) is 6.84. The molecule has 3 nitrogen and oxygen atoms in total. The smallest absolute Gasteiger partial charge is 0.161 e. The van der Waals surface area contributed by atoms with Gasteiger partial charge in [-0.1, -0.05) is 15.9 Å². The Morgan fingerprint density at radius 3 is 2.67 bits per heavy atom. The molecule has 0 spiro atoms. The van der Waals surface area contributed by atoms with E-state index in [2.05, 4.69) is 15.9 Å². The van der Waals surface area contributed by atoms with Crippen molar-refractivity contribution in [2.75, 3.05) is 25.1 Å². The zero-order chi connectivity index (χ0) is 13.7. The Bertz CT molecular complexity index is 418. The van der Waals surface area contributed by atoms with Crippen LogP contribution in [-0.4, -0.2) is 32.1 Å². The number of nitrogens with zero attached hydrogens (tertiary/aromatic N) is 1. The lowest BCUT2D eigenvalue weighted by atomic mass is 10.1. The topological polar surface area (TPSA) is 29.5 Å². The van der Waals surface area contributed by atoms with E-state index in [1.54, 1.807) is 6.92 Å². The average Bonchev–Trinajstić information content (AvgIpc) is 2.28. The molecule has 4 heteroatoms. The van der Waals surface area contributed by atoms with Crippen molar-refractivity contribution in [1.82, 2.24) is 0 Å². The minimum atomic E-state index is 0.0722. The van der Waals surface area contributed by atoms with Gasteiger partial charge in [-0.05, 0) is 39.0 Å². The fourth-order valence-corrected chi connectivity index (χ4v) is 2.03. The minimum Gasteiger partial charge on any atom is -0.377 e. The summed E-state index contributed by atoms with van der Waals surface area (Å²) in [5, 5.41) is 0. The number of halogens is 1. The van der Waals surface area contributed by atoms with Gasteiger partial charge in [-0.15, -0.1) is 0 Å². The number of likely N-dealkylation sites (N-methyl/N-ethyl adjacent to an activating group) is 1. The molecule has 0 saturated carbocycles. The van der Waals surface area contributed by atoms with Gasteiger partial charge >= 0.3 is 0 Å². The van der Waals surface area contributed by atoms with Crippen molar-refractivity contribution in [2.45, 2.75) is 26.9 Å². The summed E-state index contributed by atoms with van der Waals surface area (Å²) in [6.45, 7) is 7.03. The maximum Gasteiger partial charge on any atom is 0.161 e. The molecular formula is C14H20BrNO2. The Balaban J connectivity index is 2.78. The van der Waals surface area contributed by atoms with Crippen LogP contribution in [0.3, 0.4) is 0 Å². The summed E-state index contributed by atoms with van der Waals surface area (Å²) in [5.74, 6) is 0.0722. The fourth-order valence-electron chi connectivity index (χ4n) is 1.67. The van der Waals surface area contributed by atoms with Crippen LogP contribution in [0.4, 0.5) is 5.69 Å². The summed E-state index contributed by atoms with van der Waals surface area (Å²) in [4.78, 5) is 13.7. The SMILES string of the molecule is CC(=O)c1cc(Br)ccc1N(C)CCOC(C)C. The van der Waals surface area contributed by atoms with Crippen LogP contribution < -0.4 is 4.90 Å². The Hall–Kier alpha value is -0.870. The van der Waals surface area contributed by atoms with Gasteiger partial charge in [0.1, 0.15) is 0 Å². The highest BCUT2D eigenvalue weighted by atomic mass is 79.9. The van der Waals surface area contributed by atoms with E-state index in [4.69, 9.17) is 4.74 Å². The standard InChI is InChI=1S/C14H20BrNO2/c1-10(2)18-8-7-16(4)14-6-5-12(15)9-13(14)11(3)17/h5-6,9-10H,7-8H2,1-4H3. The lowest BCUT2D eigenvalue weighted by Crippen LogP contribution is -2.25. The molecule has 1 aromatic carbocycles. The van der Waals surface area contributed by atoms with Gasteiger partial charge in [0.25, 0.3) is 0 Å². The van der Waals surface area contributed by atoms with Crippen LogP contribution in [0.1, 0.15) is 31.1 Å². The van der Waals surface area contributed by atoms with Gasteiger partial charge < -0.3 is 9.64 Å². The third-order valence-electron chi connectivity index (χ3n) is 2.63. The second kappa shape index (κ2) is 6.90. The zero-order valence-electron chi connectivity index (χ0n) is 11.4. The Labute approximate surface area is 117 Å². The summed E-state index contributed by atoms with van der Waals surface area (Å²) in [5.41, 5.74) is 1.68. The molecule has 0 atom stereocenters. The highest BCUT2D eigenvalue weighted by Gasteiger charge is 2.11. The minimum absolute atomic E-state index is 0.0722. The quantitative estimate of drug-likeness (QED) is 0.753. The van der Waals surface area contributed by atoms with E-state index < -0.39 is 0 Å². The normalized spacial score (nSPS) is 10.8. The van der Waals surface area contributed by atoms with Gasteiger partial charge in [-0.2, -0.15) is 0 Å². The van der Waals surface area contributed by atoms with Crippen molar-refractivity contribution < 1.29 is 9.53 Å². The first kappa shape index (κ1) is 15.2. The van der Waals surface area contributed by atoms with E-state index in [-0.39, 0.29) is 11.9 Å². The molecule has 0 heterocycles. The molecule has 0 aliphatic heterocycles. The molecule has 18 heavy (non-hydrogen) atoms. The third kappa shape index (κ3) is 4.42. The molecule has 0 unspecified atom stereocenters. The number of hydrogen-bond acceptors (Lipinski definition) is 3. The summed E-state index contributed by atoms with van der Waals surface area (Å²) in [6.07, 6.45) is 0.232. The number of Topliss-reactive ketones (excluding diaryl/α,β-unsaturated/α-hetero) is 1. The van der Waals surface area contributed by atoms with Gasteiger partial charge in [-0.3, -0.25) is 4.79 Å². The number of rotatable bonds is 6. The van der Waals surface area contributed by atoms with Crippen LogP contribution in [0, 0.1) is 0 Å². The van der Waals surface area contributed by atoms with Gasteiger partial charge in [0.2, 0.25) is 0 Å². The van der Waals surface area contributed by atoms with Crippen LogP contribution in [-0.2, 0) is 4.74 Å². The van der Waals surface area contributed by atoms with E-state index in [0.29, 0.717) is 6.61 Å². The van der Waals surface area contributed by atoms with E-state index in [1.165, 1.54) is 0 Å². The highest BCUT2D eigenvalue weighted by Crippen LogP contribution is 2.24. The maximum atomic E-state index is 11.6. The summed E-state index contributed by atoms with van der Waals surface area (Å²) >= 11 is 3.39. The predicted molar refractivity (Wildman–Crippen MR) is 78.5 cm³/mol. The Morgan fingerprint density at radius 2 is 2.11 bits per heavy atom. The largest absolute Gasteiger partial charge is 0.377 e. The monoisotopic (exact) mass is 313 g/mol. The molecule has 100 valence electrons. The van der Waals surface area contributed by atoms with Crippen molar-refractivity contribution in [1.29, 1.82) is 0 Å². The van der Waals surface area contributed by atoms with Crippen molar-refractivity contribution >= 4 is 27.4 Å². The number of carbonyl (C=O) groups is 1. The molecule has 0 bridgehead atoms. The highest BCUT2D eigenvalue weighted by molar-refractivity contribution is 9.10. The van der Waals surface area contributed by atoms with Gasteiger partial charge in [0.05, 0.1) is 12.7 Å². The van der Waals surface area contributed by atoms with Crippen LogP contribution in [0.5, 0.6) is 0 Å². The van der Waals surface area contributed by atoms with Crippen LogP contribution in [0.2, 0.25) is 0 Å². The summed E-state index contributed by atoms with van der Waals surface area (Å²) in [7, 11) is 1.97. The number of ether oxygens (including phenoxy) is 1. The van der Waals surface area contributed by atoms with Crippen LogP contribution in [0.25, 0.3) is 0 Å². The fraction of sp³-hybridized carbons (Fsp3) is 0.500. The number of carbonyl (C=O) groups excluding carboxylic acids is 1. The van der Waals surface area contributed by atoms with E-state index in [0.717, 1.165) is 22.3 Å². The molecule has 1 rings (SSSR count). The summed E-state index contributed by atoms with van der Waals surface area (Å²) in [6, 6.07) is 5.76. The maximum absolute atomic E-state index is 11.6.